The van der Waals surface area contributed by atoms with E-state index in [1.54, 1.807) is 0 Å². The van der Waals surface area contributed by atoms with Gasteiger partial charge in [-0.25, -0.2) is 0 Å². The van der Waals surface area contributed by atoms with Crippen LogP contribution in [0.3, 0.4) is 0 Å². The molecule has 2 nitrogen and oxygen atoms in total. The van der Waals surface area contributed by atoms with E-state index in [2.05, 4.69) is 76.9 Å². The maximum absolute atomic E-state index is 10.6. The molecule has 1 N–H and O–H groups in total. The summed E-state index contributed by atoms with van der Waals surface area (Å²) < 4.78 is 0. The number of benzene rings is 2. The van der Waals surface area contributed by atoms with Crippen LogP contribution in [0.4, 0.5) is 5.69 Å². The van der Waals surface area contributed by atoms with Gasteiger partial charge in [0.1, 0.15) is 5.75 Å². The van der Waals surface area contributed by atoms with Crippen molar-refractivity contribution >= 4 is 24.9 Å². The van der Waals surface area contributed by atoms with Crippen LogP contribution in [0.5, 0.6) is 5.75 Å². The molecule has 2 aromatic carbocycles. The average Bonchev–Trinajstić information content (AvgIpc) is 2.51. The number of phenolic OH excluding ortho intramolecular Hbond substituents is 1. The molecule has 0 saturated carbocycles. The molecule has 2 aromatic rings. The fourth-order valence-electron chi connectivity index (χ4n) is 2.75. The monoisotopic (exact) mass is 343 g/mol. The fraction of sp³-hybridized carbons (Fsp3) is 0.429. The molecule has 0 radical (unpaired) electrons. The summed E-state index contributed by atoms with van der Waals surface area (Å²) in [6.45, 7) is 13.9. The van der Waals surface area contributed by atoms with E-state index in [4.69, 9.17) is 0 Å². The Morgan fingerprint density at radius 2 is 1.75 bits per heavy atom. The maximum atomic E-state index is 10.6. The molecule has 0 spiro atoms. The van der Waals surface area contributed by atoms with Gasteiger partial charge in [0.2, 0.25) is 0 Å². The molecule has 0 heterocycles. The normalized spacial score (nSPS) is 12.1. The van der Waals surface area contributed by atoms with Gasteiger partial charge in [-0.2, -0.15) is 0 Å². The van der Waals surface area contributed by atoms with Crippen LogP contribution in [0.25, 0.3) is 0 Å². The van der Waals surface area contributed by atoms with Gasteiger partial charge in [0, 0.05) is 29.9 Å². The number of anilines is 1. The van der Waals surface area contributed by atoms with Gasteiger partial charge in [-0.1, -0.05) is 47.6 Å². The van der Waals surface area contributed by atoms with Crippen molar-refractivity contribution in [3.8, 4) is 5.75 Å². The van der Waals surface area contributed by atoms with Crippen LogP contribution >= 0.6 is 8.58 Å². The zero-order valence-electron chi connectivity index (χ0n) is 16.0. The van der Waals surface area contributed by atoms with Crippen molar-refractivity contribution in [2.24, 2.45) is 0 Å². The van der Waals surface area contributed by atoms with Gasteiger partial charge in [-0.3, -0.25) is 0 Å². The minimum absolute atomic E-state index is 0.0759. The molecule has 24 heavy (non-hydrogen) atoms. The van der Waals surface area contributed by atoms with Gasteiger partial charge in [0.25, 0.3) is 0 Å². The molecule has 0 aliphatic heterocycles. The Hall–Kier alpha value is -1.53. The first-order valence-electron chi connectivity index (χ1n) is 8.57. The lowest BCUT2D eigenvalue weighted by molar-refractivity contribution is 0.474. The van der Waals surface area contributed by atoms with Gasteiger partial charge in [-0.05, 0) is 55.0 Å². The van der Waals surface area contributed by atoms with Crippen LogP contribution in [-0.4, -0.2) is 18.7 Å². The van der Waals surface area contributed by atoms with E-state index in [0.717, 1.165) is 17.4 Å². The number of aryl methyl sites for hydroxylation is 2. The van der Waals surface area contributed by atoms with Crippen molar-refractivity contribution in [1.82, 2.24) is 0 Å². The molecule has 0 fully saturated rings. The van der Waals surface area contributed by atoms with E-state index in [1.807, 2.05) is 6.92 Å². The highest BCUT2D eigenvalue weighted by Crippen LogP contribution is 2.31. The van der Waals surface area contributed by atoms with Crippen molar-refractivity contribution in [3.05, 3.63) is 47.0 Å². The predicted octanol–water partition coefficient (Wildman–Crippen LogP) is 4.39. The molecule has 0 aromatic heterocycles. The highest BCUT2D eigenvalue weighted by molar-refractivity contribution is 7.56. The summed E-state index contributed by atoms with van der Waals surface area (Å²) in [6, 6.07) is 10.7. The van der Waals surface area contributed by atoms with Crippen LogP contribution in [0.1, 0.15) is 44.4 Å². The molecule has 0 saturated heterocycles. The summed E-state index contributed by atoms with van der Waals surface area (Å²) in [5.41, 5.74) is 4.86. The number of aromatic hydroxyl groups is 1. The molecule has 1 atom stereocenters. The third-order valence-electron chi connectivity index (χ3n) is 4.56. The molecule has 2 rings (SSSR count). The average molecular weight is 343 g/mol. The largest absolute Gasteiger partial charge is 0.507 e. The second-order valence-corrected chi connectivity index (χ2v) is 8.84. The topological polar surface area (TPSA) is 23.5 Å². The molecule has 0 aliphatic rings. The summed E-state index contributed by atoms with van der Waals surface area (Å²) in [6.07, 6.45) is 0. The van der Waals surface area contributed by atoms with Crippen LogP contribution in [0.15, 0.2) is 30.3 Å². The van der Waals surface area contributed by atoms with Crippen LogP contribution in [-0.2, 0) is 5.41 Å². The number of phenols is 1. The minimum Gasteiger partial charge on any atom is -0.507 e. The van der Waals surface area contributed by atoms with Crippen molar-refractivity contribution in [2.45, 2.75) is 47.0 Å². The van der Waals surface area contributed by atoms with Gasteiger partial charge in [0.15, 0.2) is 0 Å². The lowest BCUT2D eigenvalue weighted by Crippen LogP contribution is -2.24. The van der Waals surface area contributed by atoms with Gasteiger partial charge in [0.05, 0.1) is 0 Å². The molecular weight excluding hydrogens is 313 g/mol. The zero-order chi connectivity index (χ0) is 18.1. The second kappa shape index (κ2) is 7.15. The lowest BCUT2D eigenvalue weighted by atomic mass is 9.86. The highest BCUT2D eigenvalue weighted by Gasteiger charge is 2.19. The Bertz CT molecular complexity index is 731. The SMILES string of the molecule is CCN(C)c1cccc(C)c1Pc1cc(C(C)(C)C)cc(C)c1O. The number of nitrogens with zero attached hydrogens (tertiary/aromatic N) is 1. The fourth-order valence-corrected chi connectivity index (χ4v) is 4.24. The number of rotatable bonds is 4. The second-order valence-electron chi connectivity index (χ2n) is 7.55. The molecule has 0 amide bonds. The Morgan fingerprint density at radius 1 is 1.08 bits per heavy atom. The number of hydrogen-bond donors (Lipinski definition) is 1. The van der Waals surface area contributed by atoms with Crippen molar-refractivity contribution in [1.29, 1.82) is 0 Å². The summed E-state index contributed by atoms with van der Waals surface area (Å²) >= 11 is 0. The van der Waals surface area contributed by atoms with Gasteiger partial charge < -0.3 is 10.0 Å². The quantitative estimate of drug-likeness (QED) is 0.832. The summed E-state index contributed by atoms with van der Waals surface area (Å²) in [4.78, 5) is 2.27. The van der Waals surface area contributed by atoms with Crippen LogP contribution in [0.2, 0.25) is 0 Å². The Balaban J connectivity index is 2.55. The first-order valence-corrected chi connectivity index (χ1v) is 9.57. The Morgan fingerprint density at radius 3 is 2.33 bits per heavy atom. The maximum Gasteiger partial charge on any atom is 0.126 e. The minimum atomic E-state index is 0.0759. The highest BCUT2D eigenvalue weighted by atomic mass is 31.1. The van der Waals surface area contributed by atoms with Crippen LogP contribution in [0, 0.1) is 13.8 Å². The lowest BCUT2D eigenvalue weighted by Gasteiger charge is -2.24. The van der Waals surface area contributed by atoms with E-state index in [-0.39, 0.29) is 5.41 Å². The van der Waals surface area contributed by atoms with E-state index < -0.39 is 0 Å². The summed E-state index contributed by atoms with van der Waals surface area (Å²) in [7, 11) is 2.57. The molecule has 0 bridgehead atoms. The van der Waals surface area contributed by atoms with E-state index >= 15 is 0 Å². The van der Waals surface area contributed by atoms with E-state index in [1.165, 1.54) is 22.1 Å². The molecule has 0 aliphatic carbocycles. The third kappa shape index (κ3) is 3.92. The zero-order valence-corrected chi connectivity index (χ0v) is 17.0. The van der Waals surface area contributed by atoms with Gasteiger partial charge in [-0.15, -0.1) is 0 Å². The number of hydrogen-bond acceptors (Lipinski definition) is 2. The molecule has 1 unspecified atom stereocenters. The Labute approximate surface area is 148 Å². The third-order valence-corrected chi connectivity index (χ3v) is 6.11. The smallest absolute Gasteiger partial charge is 0.126 e. The van der Waals surface area contributed by atoms with Crippen molar-refractivity contribution in [3.63, 3.8) is 0 Å². The molecule has 3 heteroatoms. The molecular formula is C21H30NOP. The van der Waals surface area contributed by atoms with E-state index in [9.17, 15) is 5.11 Å². The summed E-state index contributed by atoms with van der Waals surface area (Å²) in [5, 5.41) is 13.0. The summed E-state index contributed by atoms with van der Waals surface area (Å²) in [5.74, 6) is 0.440. The standard InChI is InChI=1S/C21H30NOP/c1-8-22(7)17-11-9-10-14(2)20(17)24-18-13-16(21(4,5)6)12-15(3)19(18)23/h9-13,23-24H,8H2,1-7H3. The predicted molar refractivity (Wildman–Crippen MR) is 109 cm³/mol. The first-order chi connectivity index (χ1) is 11.1. The first kappa shape index (κ1) is 18.8. The van der Waals surface area contributed by atoms with Crippen molar-refractivity contribution < 1.29 is 5.11 Å². The molecule has 130 valence electrons. The van der Waals surface area contributed by atoms with Crippen LogP contribution < -0.4 is 15.5 Å². The Kier molecular flexibility index (Phi) is 5.60. The van der Waals surface area contributed by atoms with Gasteiger partial charge >= 0.3 is 0 Å². The van der Waals surface area contributed by atoms with Crippen molar-refractivity contribution in [2.75, 3.05) is 18.5 Å². The van der Waals surface area contributed by atoms with E-state index in [0.29, 0.717) is 14.3 Å².